The number of hydrogen-bond donors (Lipinski definition) is 2. The van der Waals surface area contributed by atoms with Crippen LogP contribution in [0, 0.1) is 0 Å². The second kappa shape index (κ2) is 8.38. The summed E-state index contributed by atoms with van der Waals surface area (Å²) in [5.41, 5.74) is 1.62. The van der Waals surface area contributed by atoms with Gasteiger partial charge in [-0.25, -0.2) is 0 Å². The molecule has 0 saturated carbocycles. The molecule has 24 heavy (non-hydrogen) atoms. The smallest absolute Gasteiger partial charge is 0.282 e. The lowest BCUT2D eigenvalue weighted by molar-refractivity contribution is -0.907. The van der Waals surface area contributed by atoms with E-state index in [-0.39, 0.29) is 11.9 Å². The molecule has 0 radical (unpaired) electrons. The Morgan fingerprint density at radius 3 is 2.62 bits per heavy atom. The summed E-state index contributed by atoms with van der Waals surface area (Å²) in [5, 5.41) is 4.12. The molecule has 0 saturated heterocycles. The minimum Gasteiger partial charge on any atom is -0.495 e. The van der Waals surface area contributed by atoms with Crippen molar-refractivity contribution in [2.24, 2.45) is 0 Å². The van der Waals surface area contributed by atoms with Crippen molar-refractivity contribution in [2.45, 2.75) is 19.5 Å². The van der Waals surface area contributed by atoms with Gasteiger partial charge >= 0.3 is 0 Å². The molecule has 0 bridgehead atoms. The first-order valence-electron chi connectivity index (χ1n) is 7.62. The van der Waals surface area contributed by atoms with Gasteiger partial charge in [-0.05, 0) is 31.2 Å². The molecular weight excluding hydrogens is 347 g/mol. The summed E-state index contributed by atoms with van der Waals surface area (Å²) in [5.74, 6) is 0.554. The number of hydrogen-bond acceptors (Lipinski definition) is 2. The first kappa shape index (κ1) is 18.6. The van der Waals surface area contributed by atoms with E-state index in [1.165, 1.54) is 0 Å². The van der Waals surface area contributed by atoms with Crippen molar-refractivity contribution in [3.05, 3.63) is 58.1 Å². The molecule has 2 rings (SSSR count). The largest absolute Gasteiger partial charge is 0.495 e. The number of methoxy groups -OCH3 is 1. The van der Waals surface area contributed by atoms with Crippen molar-refractivity contribution < 1.29 is 14.4 Å². The number of nitrogens with one attached hydrogen (secondary N) is 2. The number of halogens is 2. The van der Waals surface area contributed by atoms with E-state index in [4.69, 9.17) is 27.9 Å². The number of ether oxygens (including phenoxy) is 1. The Balaban J connectivity index is 2.04. The molecule has 1 amide bonds. The first-order valence-corrected chi connectivity index (χ1v) is 8.38. The van der Waals surface area contributed by atoms with Crippen LogP contribution in [0.5, 0.6) is 5.75 Å². The normalized spacial score (nSPS) is 13.2. The Morgan fingerprint density at radius 1 is 1.25 bits per heavy atom. The van der Waals surface area contributed by atoms with E-state index in [1.807, 2.05) is 44.3 Å². The van der Waals surface area contributed by atoms with E-state index in [1.54, 1.807) is 19.2 Å². The fourth-order valence-corrected chi connectivity index (χ4v) is 2.81. The average molecular weight is 368 g/mol. The SMILES string of the molecule is COc1ccccc1NC(=O)[C@H](C)[NH+](C)Cc1ccc(Cl)cc1Cl. The number of quaternary nitrogens is 1. The van der Waals surface area contributed by atoms with Crippen LogP contribution in [0.4, 0.5) is 5.69 Å². The van der Waals surface area contributed by atoms with Crippen LogP contribution in [0.2, 0.25) is 10.0 Å². The van der Waals surface area contributed by atoms with E-state index in [9.17, 15) is 4.79 Å². The molecule has 4 nitrogen and oxygen atoms in total. The van der Waals surface area contributed by atoms with Crippen molar-refractivity contribution in [2.75, 3.05) is 19.5 Å². The molecule has 128 valence electrons. The first-order chi connectivity index (χ1) is 11.4. The lowest BCUT2D eigenvalue weighted by atomic mass is 10.2. The summed E-state index contributed by atoms with van der Waals surface area (Å²) >= 11 is 12.1. The van der Waals surface area contributed by atoms with Gasteiger partial charge in [0.05, 0.1) is 24.9 Å². The maximum atomic E-state index is 12.5. The number of benzene rings is 2. The van der Waals surface area contributed by atoms with Crippen molar-refractivity contribution in [1.82, 2.24) is 0 Å². The molecule has 6 heteroatoms. The Kier molecular flexibility index (Phi) is 6.49. The van der Waals surface area contributed by atoms with Crippen molar-refractivity contribution in [3.8, 4) is 5.75 Å². The van der Waals surface area contributed by atoms with Gasteiger partial charge in [0.15, 0.2) is 6.04 Å². The van der Waals surface area contributed by atoms with E-state index in [2.05, 4.69) is 5.32 Å². The quantitative estimate of drug-likeness (QED) is 0.823. The van der Waals surface area contributed by atoms with Crippen LogP contribution in [0.25, 0.3) is 0 Å². The highest BCUT2D eigenvalue weighted by molar-refractivity contribution is 6.35. The van der Waals surface area contributed by atoms with Crippen molar-refractivity contribution >= 4 is 34.8 Å². The summed E-state index contributed by atoms with van der Waals surface area (Å²) in [4.78, 5) is 13.5. The molecule has 0 aliphatic carbocycles. The summed E-state index contributed by atoms with van der Waals surface area (Å²) in [6, 6.07) is 12.5. The Hall–Kier alpha value is -1.75. The predicted molar refractivity (Wildman–Crippen MR) is 98.1 cm³/mol. The van der Waals surface area contributed by atoms with Gasteiger partial charge in [0.1, 0.15) is 12.3 Å². The average Bonchev–Trinajstić information content (AvgIpc) is 2.57. The lowest BCUT2D eigenvalue weighted by Crippen LogP contribution is -3.12. The highest BCUT2D eigenvalue weighted by atomic mass is 35.5. The zero-order valence-electron chi connectivity index (χ0n) is 13.9. The summed E-state index contributed by atoms with van der Waals surface area (Å²) in [7, 11) is 3.53. The number of amides is 1. The zero-order chi connectivity index (χ0) is 17.7. The van der Waals surface area contributed by atoms with E-state index >= 15 is 0 Å². The number of carbonyl (C=O) groups is 1. The van der Waals surface area contributed by atoms with Gasteiger partial charge in [0.25, 0.3) is 5.91 Å². The molecule has 2 aromatic rings. The number of likely N-dealkylation sites (N-methyl/N-ethyl adjacent to an activating group) is 1. The number of anilines is 1. The minimum atomic E-state index is -0.262. The maximum Gasteiger partial charge on any atom is 0.282 e. The third-order valence-corrected chi connectivity index (χ3v) is 4.57. The lowest BCUT2D eigenvalue weighted by Gasteiger charge is -2.22. The van der Waals surface area contributed by atoms with Crippen LogP contribution in [0.3, 0.4) is 0 Å². The molecular formula is C18H21Cl2N2O2+. The number of para-hydroxylation sites is 2. The summed E-state index contributed by atoms with van der Waals surface area (Å²) in [6.45, 7) is 2.50. The highest BCUT2D eigenvalue weighted by Gasteiger charge is 2.23. The predicted octanol–water partition coefficient (Wildman–Crippen LogP) is 3.04. The van der Waals surface area contributed by atoms with Crippen LogP contribution < -0.4 is 15.0 Å². The summed E-state index contributed by atoms with van der Waals surface area (Å²) < 4.78 is 5.26. The Morgan fingerprint density at radius 2 is 1.96 bits per heavy atom. The molecule has 0 aliphatic heterocycles. The third-order valence-electron chi connectivity index (χ3n) is 3.98. The number of carbonyl (C=O) groups excluding carboxylic acids is 1. The van der Waals surface area contributed by atoms with Gasteiger partial charge in [-0.1, -0.05) is 41.4 Å². The van der Waals surface area contributed by atoms with Crippen LogP contribution in [-0.2, 0) is 11.3 Å². The topological polar surface area (TPSA) is 42.8 Å². The Labute approximate surface area is 152 Å². The molecule has 2 atom stereocenters. The van der Waals surface area contributed by atoms with Gasteiger partial charge < -0.3 is 15.0 Å². The molecule has 0 spiro atoms. The minimum absolute atomic E-state index is 0.0814. The second-order valence-electron chi connectivity index (χ2n) is 5.67. The molecule has 0 aliphatic rings. The van der Waals surface area contributed by atoms with Crippen LogP contribution in [-0.4, -0.2) is 26.1 Å². The fraction of sp³-hybridized carbons (Fsp3) is 0.278. The molecule has 1 unspecified atom stereocenters. The molecule has 0 heterocycles. The molecule has 2 N–H and O–H groups in total. The van der Waals surface area contributed by atoms with Crippen LogP contribution >= 0.6 is 23.2 Å². The highest BCUT2D eigenvalue weighted by Crippen LogP contribution is 2.23. The molecule has 0 fully saturated rings. The van der Waals surface area contributed by atoms with Crippen LogP contribution in [0.15, 0.2) is 42.5 Å². The van der Waals surface area contributed by atoms with Crippen LogP contribution in [0.1, 0.15) is 12.5 Å². The molecule has 0 aromatic heterocycles. The van der Waals surface area contributed by atoms with Crippen molar-refractivity contribution in [3.63, 3.8) is 0 Å². The van der Waals surface area contributed by atoms with E-state index < -0.39 is 0 Å². The zero-order valence-corrected chi connectivity index (χ0v) is 15.4. The van der Waals surface area contributed by atoms with Gasteiger partial charge in [0.2, 0.25) is 0 Å². The van der Waals surface area contributed by atoms with Gasteiger partial charge in [-0.2, -0.15) is 0 Å². The van der Waals surface area contributed by atoms with Crippen molar-refractivity contribution in [1.29, 1.82) is 0 Å². The molecule has 2 aromatic carbocycles. The third kappa shape index (κ3) is 4.63. The Bertz CT molecular complexity index is 722. The second-order valence-corrected chi connectivity index (χ2v) is 6.51. The van der Waals surface area contributed by atoms with Gasteiger partial charge in [0, 0.05) is 10.6 Å². The maximum absolute atomic E-state index is 12.5. The summed E-state index contributed by atoms with van der Waals surface area (Å²) in [6.07, 6.45) is 0. The van der Waals surface area contributed by atoms with E-state index in [0.717, 1.165) is 10.5 Å². The van der Waals surface area contributed by atoms with Gasteiger partial charge in [-0.3, -0.25) is 4.79 Å². The number of rotatable bonds is 6. The van der Waals surface area contributed by atoms with Gasteiger partial charge in [-0.15, -0.1) is 0 Å². The standard InChI is InChI=1S/C18H20Cl2N2O2/c1-12(18(23)21-16-6-4-5-7-17(16)24-3)22(2)11-13-8-9-14(19)10-15(13)20/h4-10,12H,11H2,1-3H3,(H,21,23)/p+1/t12-/m0/s1. The fourth-order valence-electron chi connectivity index (χ4n) is 2.33. The van der Waals surface area contributed by atoms with E-state index in [0.29, 0.717) is 28.0 Å². The monoisotopic (exact) mass is 367 g/mol.